The van der Waals surface area contributed by atoms with Crippen LogP contribution in [-0.4, -0.2) is 20.7 Å². The fourth-order valence-electron chi connectivity index (χ4n) is 2.79. The molecule has 28 heavy (non-hydrogen) atoms. The van der Waals surface area contributed by atoms with Gasteiger partial charge in [-0.05, 0) is 48.6 Å². The number of phenols is 1. The van der Waals surface area contributed by atoms with E-state index >= 15 is 0 Å². The number of para-hydroxylation sites is 2. The second kappa shape index (κ2) is 7.84. The molecule has 0 radical (unpaired) electrons. The first-order valence-electron chi connectivity index (χ1n) is 8.53. The third-order valence-electron chi connectivity index (χ3n) is 4.15. The Kier molecular flexibility index (Phi) is 5.10. The minimum absolute atomic E-state index is 0.0395. The molecule has 0 unspecified atom stereocenters. The fraction of sp³-hybridized carbons (Fsp3) is 0. The summed E-state index contributed by atoms with van der Waals surface area (Å²) in [6.07, 6.45) is 5.03. The van der Waals surface area contributed by atoms with Crippen LogP contribution in [0.3, 0.4) is 0 Å². The first-order chi connectivity index (χ1) is 13.6. The molecule has 2 aromatic heterocycles. The molecule has 4 nitrogen and oxygen atoms in total. The summed E-state index contributed by atoms with van der Waals surface area (Å²) in [5, 5.41) is 14.6. The number of allylic oxidation sites excluding steroid dienone is 1. The number of hydrogen-bond acceptors (Lipinski definition) is 4. The van der Waals surface area contributed by atoms with E-state index < -0.39 is 0 Å². The minimum atomic E-state index is -0.277. The zero-order valence-electron chi connectivity index (χ0n) is 14.6. The van der Waals surface area contributed by atoms with Crippen LogP contribution in [0.5, 0.6) is 5.75 Å². The molecule has 4 rings (SSSR count). The Morgan fingerprint density at radius 2 is 1.79 bits per heavy atom. The highest BCUT2D eigenvalue weighted by Gasteiger charge is 2.14. The highest BCUT2D eigenvalue weighted by atomic mass is 35.5. The van der Waals surface area contributed by atoms with Crippen LogP contribution in [0.4, 0.5) is 0 Å². The Hall–Kier alpha value is -3.15. The van der Waals surface area contributed by atoms with Crippen molar-refractivity contribution in [3.8, 4) is 22.0 Å². The van der Waals surface area contributed by atoms with Crippen LogP contribution in [0.2, 0.25) is 4.34 Å². The van der Waals surface area contributed by atoms with Gasteiger partial charge in [0.15, 0.2) is 5.78 Å². The van der Waals surface area contributed by atoms with Gasteiger partial charge in [-0.2, -0.15) is 5.10 Å². The number of aromatic nitrogens is 2. The van der Waals surface area contributed by atoms with Crippen molar-refractivity contribution in [1.29, 1.82) is 0 Å². The summed E-state index contributed by atoms with van der Waals surface area (Å²) >= 11 is 7.52. The lowest BCUT2D eigenvalue weighted by molar-refractivity contribution is 0.104. The summed E-state index contributed by atoms with van der Waals surface area (Å²) < 4.78 is 2.44. The van der Waals surface area contributed by atoms with E-state index in [2.05, 4.69) is 5.10 Å². The lowest BCUT2D eigenvalue weighted by Gasteiger charge is -1.99. The van der Waals surface area contributed by atoms with Gasteiger partial charge < -0.3 is 5.11 Å². The number of carbonyl (C=O) groups is 1. The van der Waals surface area contributed by atoms with Crippen LogP contribution >= 0.6 is 22.9 Å². The summed E-state index contributed by atoms with van der Waals surface area (Å²) in [7, 11) is 0. The third kappa shape index (κ3) is 3.76. The van der Waals surface area contributed by atoms with Gasteiger partial charge in [-0.3, -0.25) is 4.79 Å². The topological polar surface area (TPSA) is 55.1 Å². The van der Waals surface area contributed by atoms with E-state index in [0.717, 1.165) is 21.8 Å². The molecule has 0 saturated heterocycles. The van der Waals surface area contributed by atoms with E-state index in [1.54, 1.807) is 29.0 Å². The normalized spacial score (nSPS) is 11.2. The van der Waals surface area contributed by atoms with Crippen LogP contribution < -0.4 is 0 Å². The van der Waals surface area contributed by atoms with Gasteiger partial charge in [0, 0.05) is 11.8 Å². The molecular weight excluding hydrogens is 392 g/mol. The number of phenolic OH excluding ortho intramolecular Hbond substituents is 1. The Morgan fingerprint density at radius 3 is 2.50 bits per heavy atom. The van der Waals surface area contributed by atoms with Crippen molar-refractivity contribution < 1.29 is 9.90 Å². The van der Waals surface area contributed by atoms with E-state index in [1.165, 1.54) is 23.5 Å². The van der Waals surface area contributed by atoms with Gasteiger partial charge in [0.05, 0.1) is 20.5 Å². The predicted octanol–water partition coefficient (Wildman–Crippen LogP) is 5.86. The number of ketones is 1. The molecule has 0 bridgehead atoms. The maximum atomic E-state index is 12.5. The number of nitrogens with zero attached hydrogens (tertiary/aromatic N) is 2. The first kappa shape index (κ1) is 18.2. The van der Waals surface area contributed by atoms with E-state index in [1.807, 2.05) is 48.7 Å². The first-order valence-corrected chi connectivity index (χ1v) is 9.72. The summed E-state index contributed by atoms with van der Waals surface area (Å²) in [6.45, 7) is 0. The zero-order chi connectivity index (χ0) is 19.5. The van der Waals surface area contributed by atoms with Crippen LogP contribution in [0, 0.1) is 0 Å². The summed E-state index contributed by atoms with van der Waals surface area (Å²) in [5.74, 6) is -0.317. The number of thiophene rings is 1. The van der Waals surface area contributed by atoms with E-state index in [0.29, 0.717) is 4.34 Å². The molecule has 0 fully saturated rings. The standard InChI is InChI=1S/C22H15ClN2O2S/c23-21-13-12-20(28-21)22-15(14-25(24-22)16-6-2-1-3-7-16)10-11-19(27)17-8-4-5-9-18(17)26/h1-14,26H/b11-10+. The van der Waals surface area contributed by atoms with Gasteiger partial charge in [-0.15, -0.1) is 11.3 Å². The predicted molar refractivity (Wildman–Crippen MR) is 113 cm³/mol. The van der Waals surface area contributed by atoms with E-state index in [-0.39, 0.29) is 17.1 Å². The number of benzene rings is 2. The second-order valence-electron chi connectivity index (χ2n) is 6.03. The molecular formula is C22H15ClN2O2S. The molecule has 0 aliphatic rings. The van der Waals surface area contributed by atoms with Gasteiger partial charge >= 0.3 is 0 Å². The molecule has 1 N–H and O–H groups in total. The van der Waals surface area contributed by atoms with Crippen molar-refractivity contribution in [2.24, 2.45) is 0 Å². The van der Waals surface area contributed by atoms with Gasteiger partial charge in [-0.25, -0.2) is 4.68 Å². The molecule has 2 aromatic carbocycles. The Balaban J connectivity index is 1.74. The maximum absolute atomic E-state index is 12.5. The number of hydrogen-bond donors (Lipinski definition) is 1. The zero-order valence-corrected chi connectivity index (χ0v) is 16.2. The van der Waals surface area contributed by atoms with Crippen molar-refractivity contribution in [2.45, 2.75) is 0 Å². The highest BCUT2D eigenvalue weighted by molar-refractivity contribution is 7.19. The van der Waals surface area contributed by atoms with Crippen molar-refractivity contribution in [3.05, 3.63) is 94.5 Å². The minimum Gasteiger partial charge on any atom is -0.507 e. The second-order valence-corrected chi connectivity index (χ2v) is 7.75. The fourth-order valence-corrected chi connectivity index (χ4v) is 3.84. The Labute approximate surface area is 171 Å². The smallest absolute Gasteiger partial charge is 0.189 e. The molecule has 6 heteroatoms. The third-order valence-corrected chi connectivity index (χ3v) is 5.39. The molecule has 2 heterocycles. The lowest BCUT2D eigenvalue weighted by atomic mass is 10.1. The van der Waals surface area contributed by atoms with Crippen molar-refractivity contribution in [2.75, 3.05) is 0 Å². The largest absolute Gasteiger partial charge is 0.507 e. The lowest BCUT2D eigenvalue weighted by Crippen LogP contribution is -1.94. The number of aromatic hydroxyl groups is 1. The molecule has 0 amide bonds. The van der Waals surface area contributed by atoms with Crippen molar-refractivity contribution >= 4 is 34.8 Å². The monoisotopic (exact) mass is 406 g/mol. The molecule has 4 aromatic rings. The Morgan fingerprint density at radius 1 is 1.04 bits per heavy atom. The number of carbonyl (C=O) groups excluding carboxylic acids is 1. The van der Waals surface area contributed by atoms with Gasteiger partial charge in [0.2, 0.25) is 0 Å². The highest BCUT2D eigenvalue weighted by Crippen LogP contribution is 2.33. The van der Waals surface area contributed by atoms with Crippen molar-refractivity contribution in [3.63, 3.8) is 0 Å². The molecule has 138 valence electrons. The van der Waals surface area contributed by atoms with Crippen LogP contribution in [0.1, 0.15) is 15.9 Å². The molecule has 0 saturated carbocycles. The average molecular weight is 407 g/mol. The molecule has 0 spiro atoms. The van der Waals surface area contributed by atoms with Gasteiger partial charge in [0.1, 0.15) is 11.4 Å². The summed E-state index contributed by atoms with van der Waals surface area (Å²) in [4.78, 5) is 13.4. The molecule has 0 atom stereocenters. The van der Waals surface area contributed by atoms with Gasteiger partial charge in [0.25, 0.3) is 0 Å². The maximum Gasteiger partial charge on any atom is 0.189 e. The van der Waals surface area contributed by atoms with E-state index in [9.17, 15) is 9.90 Å². The summed E-state index contributed by atoms with van der Waals surface area (Å²) in [5.41, 5.74) is 2.70. The molecule has 0 aliphatic heterocycles. The quantitative estimate of drug-likeness (QED) is 0.334. The SMILES string of the molecule is O=C(/C=C/c1cn(-c2ccccc2)nc1-c1ccc(Cl)s1)c1ccccc1O. The van der Waals surface area contributed by atoms with Crippen LogP contribution in [0.15, 0.2) is 79.0 Å². The number of halogens is 1. The summed E-state index contributed by atoms with van der Waals surface area (Å²) in [6, 6.07) is 20.0. The van der Waals surface area contributed by atoms with Gasteiger partial charge in [-0.1, -0.05) is 41.9 Å². The van der Waals surface area contributed by atoms with Crippen molar-refractivity contribution in [1.82, 2.24) is 9.78 Å². The van der Waals surface area contributed by atoms with Crippen LogP contribution in [0.25, 0.3) is 22.3 Å². The average Bonchev–Trinajstić information content (AvgIpc) is 3.33. The number of rotatable bonds is 5. The Bertz CT molecular complexity index is 1160. The molecule has 0 aliphatic carbocycles. The van der Waals surface area contributed by atoms with Crippen LogP contribution in [-0.2, 0) is 0 Å². The van der Waals surface area contributed by atoms with E-state index in [4.69, 9.17) is 11.6 Å².